The van der Waals surface area contributed by atoms with E-state index in [9.17, 15) is 25.0 Å². The Balaban J connectivity index is 1.68. The maximum atomic E-state index is 12.7. The second kappa shape index (κ2) is 7.88. The number of aryl methyl sites for hydroxylation is 1. The van der Waals surface area contributed by atoms with Gasteiger partial charge in [0.25, 0.3) is 17.3 Å². The number of fused-ring (bicyclic) bond motifs is 1. The Morgan fingerprint density at radius 1 is 1.03 bits per heavy atom. The van der Waals surface area contributed by atoms with Gasteiger partial charge < -0.3 is 5.32 Å². The Bertz CT molecular complexity index is 1300. The number of nitrogens with zero attached hydrogens (tertiary/aromatic N) is 4. The van der Waals surface area contributed by atoms with Crippen LogP contribution in [0.1, 0.15) is 15.9 Å². The van der Waals surface area contributed by atoms with Crippen LogP contribution in [0.5, 0.6) is 0 Å². The lowest BCUT2D eigenvalue weighted by Gasteiger charge is -2.10. The van der Waals surface area contributed by atoms with Gasteiger partial charge in [-0.2, -0.15) is 0 Å². The fraction of sp³-hybridized carbons (Fsp3) is 0.0500. The quantitative estimate of drug-likeness (QED) is 0.352. The van der Waals surface area contributed by atoms with Crippen molar-refractivity contribution in [3.8, 4) is 10.6 Å². The zero-order valence-corrected chi connectivity index (χ0v) is 16.8. The lowest BCUT2D eigenvalue weighted by Crippen LogP contribution is -2.13. The Morgan fingerprint density at radius 2 is 1.74 bits per heavy atom. The molecule has 0 unspecified atom stereocenters. The van der Waals surface area contributed by atoms with E-state index in [1.165, 1.54) is 11.3 Å². The largest absolute Gasteiger partial charge is 0.322 e. The van der Waals surface area contributed by atoms with Crippen LogP contribution in [0.2, 0.25) is 0 Å². The molecule has 0 aliphatic rings. The molecule has 2 heterocycles. The molecule has 0 saturated carbocycles. The van der Waals surface area contributed by atoms with Crippen molar-refractivity contribution in [2.24, 2.45) is 0 Å². The standard InChI is InChI=1S/C20H13N5O5S/c1-11-4-5-12(19-23-16-3-2-6-21-20(16)31-19)9-17(11)22-18(26)13-7-14(24(27)28)10-15(8-13)25(29)30/h2-10H,1H3,(H,22,26). The van der Waals surface area contributed by atoms with Crippen molar-refractivity contribution in [1.82, 2.24) is 9.97 Å². The van der Waals surface area contributed by atoms with Crippen LogP contribution in [0.3, 0.4) is 0 Å². The molecule has 0 fully saturated rings. The molecule has 0 radical (unpaired) electrons. The second-order valence-electron chi connectivity index (χ2n) is 6.58. The maximum Gasteiger partial charge on any atom is 0.277 e. The van der Waals surface area contributed by atoms with Crippen LogP contribution in [0.25, 0.3) is 20.9 Å². The average molecular weight is 435 g/mol. The van der Waals surface area contributed by atoms with Gasteiger partial charge in [0.05, 0.1) is 21.5 Å². The molecule has 1 N–H and O–H groups in total. The van der Waals surface area contributed by atoms with Gasteiger partial charge in [-0.3, -0.25) is 25.0 Å². The number of hydrogen-bond donors (Lipinski definition) is 1. The third-order valence-electron chi connectivity index (χ3n) is 4.49. The maximum absolute atomic E-state index is 12.7. The molecule has 2 aromatic carbocycles. The van der Waals surface area contributed by atoms with E-state index in [1.807, 2.05) is 12.1 Å². The number of thiazole rings is 1. The SMILES string of the molecule is Cc1ccc(-c2nc3cccnc3s2)cc1NC(=O)c1cc([N+](=O)[O-])cc([N+](=O)[O-])c1. The van der Waals surface area contributed by atoms with E-state index in [0.717, 1.165) is 44.7 Å². The van der Waals surface area contributed by atoms with Gasteiger partial charge in [0.15, 0.2) is 0 Å². The number of benzene rings is 2. The highest BCUT2D eigenvalue weighted by Gasteiger charge is 2.20. The van der Waals surface area contributed by atoms with Crippen LogP contribution in [0.15, 0.2) is 54.7 Å². The molecule has 154 valence electrons. The lowest BCUT2D eigenvalue weighted by molar-refractivity contribution is -0.394. The molecule has 31 heavy (non-hydrogen) atoms. The Morgan fingerprint density at radius 3 is 2.39 bits per heavy atom. The van der Waals surface area contributed by atoms with Gasteiger partial charge in [-0.1, -0.05) is 23.5 Å². The van der Waals surface area contributed by atoms with E-state index in [1.54, 1.807) is 31.3 Å². The summed E-state index contributed by atoms with van der Waals surface area (Å²) in [5, 5.41) is 25.6. The number of nitro groups is 2. The van der Waals surface area contributed by atoms with Crippen LogP contribution < -0.4 is 5.32 Å². The zero-order valence-electron chi connectivity index (χ0n) is 15.9. The summed E-state index contributed by atoms with van der Waals surface area (Å²) in [4.78, 5) is 42.9. The molecular weight excluding hydrogens is 422 g/mol. The highest BCUT2D eigenvalue weighted by molar-refractivity contribution is 7.21. The number of rotatable bonds is 5. The molecule has 0 atom stereocenters. The number of carbonyl (C=O) groups excluding carboxylic acids is 1. The summed E-state index contributed by atoms with van der Waals surface area (Å²) in [5.74, 6) is -0.696. The minimum atomic E-state index is -0.781. The van der Waals surface area contributed by atoms with E-state index in [4.69, 9.17) is 0 Å². The van der Waals surface area contributed by atoms with Crippen molar-refractivity contribution in [3.05, 3.63) is 86.1 Å². The Labute approximate surface area is 178 Å². The minimum Gasteiger partial charge on any atom is -0.322 e. The molecule has 0 spiro atoms. The predicted molar refractivity (Wildman–Crippen MR) is 115 cm³/mol. The molecule has 11 heteroatoms. The summed E-state index contributed by atoms with van der Waals surface area (Å²) in [6.45, 7) is 1.79. The molecule has 1 amide bonds. The smallest absolute Gasteiger partial charge is 0.277 e. The van der Waals surface area contributed by atoms with Gasteiger partial charge in [0.2, 0.25) is 0 Å². The van der Waals surface area contributed by atoms with Crippen LogP contribution in [-0.4, -0.2) is 25.7 Å². The summed E-state index contributed by atoms with van der Waals surface area (Å²) < 4.78 is 0. The van der Waals surface area contributed by atoms with Gasteiger partial charge in [0, 0.05) is 29.6 Å². The van der Waals surface area contributed by atoms with Crippen molar-refractivity contribution >= 4 is 44.7 Å². The van der Waals surface area contributed by atoms with Crippen LogP contribution in [-0.2, 0) is 0 Å². The summed E-state index contributed by atoms with van der Waals surface area (Å²) in [6, 6.07) is 11.9. The molecule has 4 rings (SSSR count). The van der Waals surface area contributed by atoms with Crippen LogP contribution >= 0.6 is 11.3 Å². The van der Waals surface area contributed by atoms with Gasteiger partial charge in [-0.05, 0) is 30.7 Å². The number of hydrogen-bond acceptors (Lipinski definition) is 8. The summed E-state index contributed by atoms with van der Waals surface area (Å²) in [7, 11) is 0. The van der Waals surface area contributed by atoms with E-state index >= 15 is 0 Å². The van der Waals surface area contributed by atoms with E-state index < -0.39 is 27.1 Å². The normalized spacial score (nSPS) is 10.7. The van der Waals surface area contributed by atoms with Gasteiger partial charge in [-0.25, -0.2) is 9.97 Å². The number of pyridine rings is 1. The third-order valence-corrected chi connectivity index (χ3v) is 5.51. The highest BCUT2D eigenvalue weighted by Crippen LogP contribution is 2.32. The first kappa shape index (κ1) is 20.0. The number of aromatic nitrogens is 2. The Kier molecular flexibility index (Phi) is 5.09. The number of non-ortho nitro benzene ring substituents is 2. The van der Waals surface area contributed by atoms with Crippen molar-refractivity contribution < 1.29 is 14.6 Å². The minimum absolute atomic E-state index is 0.185. The Hall–Kier alpha value is -4.25. The fourth-order valence-electron chi connectivity index (χ4n) is 2.91. The number of nitro benzene ring substituents is 2. The average Bonchev–Trinajstić information content (AvgIpc) is 3.19. The first-order chi connectivity index (χ1) is 14.8. The molecule has 4 aromatic rings. The summed E-state index contributed by atoms with van der Waals surface area (Å²) >= 11 is 1.41. The molecule has 0 saturated heterocycles. The highest BCUT2D eigenvalue weighted by atomic mass is 32.1. The first-order valence-electron chi connectivity index (χ1n) is 8.89. The van der Waals surface area contributed by atoms with Crippen molar-refractivity contribution in [2.45, 2.75) is 6.92 Å². The number of carbonyl (C=O) groups is 1. The monoisotopic (exact) mass is 435 g/mol. The van der Waals surface area contributed by atoms with Crippen LogP contribution in [0, 0.1) is 27.2 Å². The number of anilines is 1. The van der Waals surface area contributed by atoms with E-state index in [0.29, 0.717) is 5.69 Å². The summed E-state index contributed by atoms with van der Waals surface area (Å²) in [5.41, 5.74) is 1.47. The third kappa shape index (κ3) is 4.07. The fourth-order valence-corrected chi connectivity index (χ4v) is 3.82. The zero-order chi connectivity index (χ0) is 22.1. The molecule has 2 aromatic heterocycles. The van der Waals surface area contributed by atoms with E-state index in [2.05, 4.69) is 15.3 Å². The van der Waals surface area contributed by atoms with Gasteiger partial charge >= 0.3 is 0 Å². The van der Waals surface area contributed by atoms with Crippen molar-refractivity contribution in [3.63, 3.8) is 0 Å². The second-order valence-corrected chi connectivity index (χ2v) is 7.56. The first-order valence-corrected chi connectivity index (χ1v) is 9.71. The lowest BCUT2D eigenvalue weighted by atomic mass is 10.1. The van der Waals surface area contributed by atoms with Crippen molar-refractivity contribution in [1.29, 1.82) is 0 Å². The van der Waals surface area contributed by atoms with Gasteiger partial charge in [0.1, 0.15) is 15.4 Å². The number of nitrogens with one attached hydrogen (secondary N) is 1. The molecule has 10 nitrogen and oxygen atoms in total. The van der Waals surface area contributed by atoms with Crippen molar-refractivity contribution in [2.75, 3.05) is 5.32 Å². The van der Waals surface area contributed by atoms with Crippen LogP contribution in [0.4, 0.5) is 17.1 Å². The molecule has 0 bridgehead atoms. The topological polar surface area (TPSA) is 141 Å². The molecular formula is C20H13N5O5S. The van der Waals surface area contributed by atoms with E-state index in [-0.39, 0.29) is 5.56 Å². The van der Waals surface area contributed by atoms with Gasteiger partial charge in [-0.15, -0.1) is 0 Å². The molecule has 0 aliphatic heterocycles. The predicted octanol–water partition coefficient (Wildman–Crippen LogP) is 4.74. The summed E-state index contributed by atoms with van der Waals surface area (Å²) in [6.07, 6.45) is 1.68. The number of amides is 1. The molecule has 0 aliphatic carbocycles.